The molecule has 2 heterocycles. The first kappa shape index (κ1) is 15.3. The molecule has 7 heteroatoms. The van der Waals surface area contributed by atoms with Gasteiger partial charge in [0.05, 0.1) is 0 Å². The maximum absolute atomic E-state index is 6.17. The summed E-state index contributed by atoms with van der Waals surface area (Å²) in [4.78, 5) is 6.92. The van der Waals surface area contributed by atoms with Crippen LogP contribution in [0.4, 0.5) is 11.4 Å². The van der Waals surface area contributed by atoms with Crippen LogP contribution in [0.15, 0.2) is 24.5 Å². The lowest BCUT2D eigenvalue weighted by molar-refractivity contribution is 0.0838. The van der Waals surface area contributed by atoms with Crippen LogP contribution in [0.25, 0.3) is 0 Å². The molecule has 5 N–H and O–H groups in total. The molecule has 1 unspecified atom stereocenters. The lowest BCUT2D eigenvalue weighted by Gasteiger charge is -2.41. The molecule has 0 radical (unpaired) electrons. The molecule has 2 aliphatic heterocycles. The van der Waals surface area contributed by atoms with E-state index in [9.17, 15) is 0 Å². The topological polar surface area (TPSA) is 73.8 Å². The fraction of sp³-hybridized carbons (Fsp3) is 0.467. The zero-order valence-corrected chi connectivity index (χ0v) is 13.6. The van der Waals surface area contributed by atoms with Crippen molar-refractivity contribution in [2.24, 2.45) is 5.73 Å². The summed E-state index contributed by atoms with van der Waals surface area (Å²) in [5.41, 5.74) is 14.7. The maximum atomic E-state index is 6.17. The zero-order chi connectivity index (χ0) is 15.7. The Morgan fingerprint density at radius 3 is 2.59 bits per heavy atom. The van der Waals surface area contributed by atoms with Crippen molar-refractivity contribution in [3.8, 4) is 0 Å². The Bertz CT molecular complexity index is 567. The number of nitrogens with two attached hydrogens (primary N) is 2. The second-order valence-corrected chi connectivity index (χ2v) is 6.18. The normalized spacial score (nSPS) is 22.2. The highest BCUT2D eigenvalue weighted by atomic mass is 35.5. The average Bonchev–Trinajstić information content (AvgIpc) is 2.93. The molecule has 1 aromatic carbocycles. The Hall–Kier alpha value is -1.63. The molecule has 1 atom stereocenters. The summed E-state index contributed by atoms with van der Waals surface area (Å²) in [6.45, 7) is 4.23. The van der Waals surface area contributed by atoms with Crippen molar-refractivity contribution >= 4 is 23.0 Å². The van der Waals surface area contributed by atoms with Crippen LogP contribution < -0.4 is 21.7 Å². The van der Waals surface area contributed by atoms with Crippen molar-refractivity contribution in [1.29, 1.82) is 0 Å². The highest BCUT2D eigenvalue weighted by Gasteiger charge is 2.27. The van der Waals surface area contributed by atoms with Gasteiger partial charge in [0.25, 0.3) is 0 Å². The summed E-state index contributed by atoms with van der Waals surface area (Å²) in [5.74, 6) is 0. The van der Waals surface area contributed by atoms with Crippen molar-refractivity contribution in [3.05, 3.63) is 35.1 Å². The average molecular weight is 323 g/mol. The van der Waals surface area contributed by atoms with Crippen molar-refractivity contribution in [1.82, 2.24) is 15.1 Å². The number of nitrogen functional groups attached to an aromatic ring is 1. The number of benzene rings is 1. The predicted octanol–water partition coefficient (Wildman–Crippen LogP) is 0.793. The third-order valence-electron chi connectivity index (χ3n) is 4.37. The lowest BCUT2D eigenvalue weighted by Crippen LogP contribution is -2.57. The van der Waals surface area contributed by atoms with E-state index < -0.39 is 0 Å². The molecule has 120 valence electrons. The Morgan fingerprint density at radius 2 is 2.00 bits per heavy atom. The molecule has 1 aromatic rings. The molecule has 22 heavy (non-hydrogen) atoms. The molecule has 2 aliphatic rings. The van der Waals surface area contributed by atoms with E-state index in [0.717, 1.165) is 37.4 Å². The van der Waals surface area contributed by atoms with Gasteiger partial charge in [-0.1, -0.05) is 11.6 Å². The van der Waals surface area contributed by atoms with Crippen LogP contribution >= 0.6 is 11.6 Å². The molecular weight excluding hydrogens is 300 g/mol. The minimum absolute atomic E-state index is 0.251. The molecule has 0 aliphatic carbocycles. The van der Waals surface area contributed by atoms with Crippen LogP contribution in [0.5, 0.6) is 0 Å². The molecule has 0 spiro atoms. The summed E-state index contributed by atoms with van der Waals surface area (Å²) in [6.07, 6.45) is 4.29. The van der Waals surface area contributed by atoms with E-state index in [-0.39, 0.29) is 6.29 Å². The molecule has 0 aromatic heterocycles. The number of nitrogens with zero attached hydrogens (tertiary/aromatic N) is 3. The van der Waals surface area contributed by atoms with Crippen molar-refractivity contribution in [2.45, 2.75) is 12.8 Å². The Kier molecular flexibility index (Phi) is 4.33. The van der Waals surface area contributed by atoms with Gasteiger partial charge in [-0.25, -0.2) is 0 Å². The minimum atomic E-state index is 0.251. The van der Waals surface area contributed by atoms with Crippen LogP contribution in [0.1, 0.15) is 5.56 Å². The maximum Gasteiger partial charge on any atom is 0.157 e. The molecule has 0 bridgehead atoms. The van der Waals surface area contributed by atoms with Crippen molar-refractivity contribution in [3.63, 3.8) is 0 Å². The highest BCUT2D eigenvalue weighted by molar-refractivity contribution is 6.31. The molecule has 3 rings (SSSR count). The molecule has 1 fully saturated rings. The van der Waals surface area contributed by atoms with Gasteiger partial charge in [-0.2, -0.15) is 0 Å². The van der Waals surface area contributed by atoms with Crippen LogP contribution in [-0.4, -0.2) is 49.3 Å². The summed E-state index contributed by atoms with van der Waals surface area (Å²) in [7, 11) is 2.08. The third kappa shape index (κ3) is 2.82. The zero-order valence-electron chi connectivity index (χ0n) is 12.8. The second kappa shape index (κ2) is 6.24. The quantitative estimate of drug-likeness (QED) is 0.715. The Morgan fingerprint density at radius 1 is 1.27 bits per heavy atom. The molecular formula is C15H23ClN6. The third-order valence-corrected chi connectivity index (χ3v) is 4.59. The second-order valence-electron chi connectivity index (χ2n) is 5.74. The summed E-state index contributed by atoms with van der Waals surface area (Å²) in [6, 6.07) is 3.74. The van der Waals surface area contributed by atoms with Gasteiger partial charge in [0.2, 0.25) is 0 Å². The van der Waals surface area contributed by atoms with Gasteiger partial charge < -0.3 is 26.6 Å². The summed E-state index contributed by atoms with van der Waals surface area (Å²) < 4.78 is 0. The van der Waals surface area contributed by atoms with Gasteiger partial charge in [0.15, 0.2) is 6.29 Å². The van der Waals surface area contributed by atoms with E-state index in [1.54, 1.807) is 6.07 Å². The first-order chi connectivity index (χ1) is 10.6. The molecule has 1 saturated heterocycles. The number of piperazine rings is 1. The highest BCUT2D eigenvalue weighted by Crippen LogP contribution is 2.31. The fourth-order valence-electron chi connectivity index (χ4n) is 3.16. The van der Waals surface area contributed by atoms with E-state index in [1.165, 1.54) is 0 Å². The molecule has 0 amide bonds. The number of hydrogen-bond acceptors (Lipinski definition) is 6. The van der Waals surface area contributed by atoms with Crippen molar-refractivity contribution < 1.29 is 0 Å². The van der Waals surface area contributed by atoms with Gasteiger partial charge in [-0.05, 0) is 12.1 Å². The summed E-state index contributed by atoms with van der Waals surface area (Å²) >= 11 is 6.17. The van der Waals surface area contributed by atoms with Gasteiger partial charge in [0.1, 0.15) is 0 Å². The molecule has 6 nitrogen and oxygen atoms in total. The Labute approximate surface area is 136 Å². The smallest absolute Gasteiger partial charge is 0.157 e. The standard InChI is InChI=1S/C15H23ClN6/c1-20-3-2-19-15(20)22-6-4-21(5-7-22)14-9-11(16)8-13(18)12(14)10-17/h2-3,8-9,15,19H,4-7,10,17-18H2,1H3. The van der Waals surface area contributed by atoms with E-state index in [2.05, 4.69) is 33.3 Å². The first-order valence-electron chi connectivity index (χ1n) is 7.52. The van der Waals surface area contributed by atoms with E-state index >= 15 is 0 Å². The van der Waals surface area contributed by atoms with Crippen molar-refractivity contribution in [2.75, 3.05) is 43.9 Å². The van der Waals surface area contributed by atoms with E-state index in [0.29, 0.717) is 17.3 Å². The van der Waals surface area contributed by atoms with Gasteiger partial charge in [-0.15, -0.1) is 0 Å². The minimum Gasteiger partial charge on any atom is -0.398 e. The monoisotopic (exact) mass is 322 g/mol. The first-order valence-corrected chi connectivity index (χ1v) is 7.89. The lowest BCUT2D eigenvalue weighted by atomic mass is 10.1. The number of halogens is 1. The van der Waals surface area contributed by atoms with Gasteiger partial charge in [-0.3, -0.25) is 4.90 Å². The van der Waals surface area contributed by atoms with Gasteiger partial charge >= 0.3 is 0 Å². The number of anilines is 2. The van der Waals surface area contributed by atoms with Crippen LogP contribution in [-0.2, 0) is 6.54 Å². The fourth-order valence-corrected chi connectivity index (χ4v) is 3.38. The number of rotatable bonds is 3. The SMILES string of the molecule is CN1C=CNC1N1CCN(c2cc(Cl)cc(N)c2CN)CC1. The van der Waals surface area contributed by atoms with Crippen LogP contribution in [0.3, 0.4) is 0 Å². The van der Waals surface area contributed by atoms with Crippen LogP contribution in [0, 0.1) is 0 Å². The Balaban J connectivity index is 1.71. The van der Waals surface area contributed by atoms with E-state index in [1.807, 2.05) is 12.3 Å². The number of hydrogen-bond donors (Lipinski definition) is 3. The van der Waals surface area contributed by atoms with Gasteiger partial charge in [0, 0.05) is 74.1 Å². The largest absolute Gasteiger partial charge is 0.398 e. The van der Waals surface area contributed by atoms with E-state index in [4.69, 9.17) is 23.1 Å². The molecule has 0 saturated carbocycles. The predicted molar refractivity (Wildman–Crippen MR) is 91.4 cm³/mol. The number of nitrogens with one attached hydrogen (secondary N) is 1. The van der Waals surface area contributed by atoms with Crippen LogP contribution in [0.2, 0.25) is 5.02 Å². The summed E-state index contributed by atoms with van der Waals surface area (Å²) in [5, 5.41) is 4.02.